The second kappa shape index (κ2) is 12.7. The second-order valence-corrected chi connectivity index (χ2v) is 8.76. The zero-order valence-electron chi connectivity index (χ0n) is 20.6. The van der Waals surface area contributed by atoms with Crippen molar-refractivity contribution in [1.29, 1.82) is 0 Å². The fraction of sp³-hybridized carbons (Fsp3) is 0.310. The van der Waals surface area contributed by atoms with Gasteiger partial charge >= 0.3 is 0 Å². The van der Waals surface area contributed by atoms with Crippen molar-refractivity contribution in [3.05, 3.63) is 101 Å². The molecule has 0 aliphatic carbocycles. The highest BCUT2D eigenvalue weighted by molar-refractivity contribution is 5.88. The van der Waals surface area contributed by atoms with E-state index in [0.29, 0.717) is 18.7 Å². The molecule has 3 aromatic rings. The van der Waals surface area contributed by atoms with E-state index in [1.807, 2.05) is 69.3 Å². The number of nitrogens with one attached hydrogen (secondary N) is 1. The molecule has 6 heteroatoms. The maximum atomic E-state index is 13.5. The minimum atomic E-state index is -0.746. The van der Waals surface area contributed by atoms with Crippen molar-refractivity contribution < 1.29 is 18.7 Å². The molecule has 0 saturated heterocycles. The molecule has 0 radical (unpaired) electrons. The molecule has 0 spiro atoms. The highest BCUT2D eigenvalue weighted by atomic mass is 19.1. The van der Waals surface area contributed by atoms with Crippen molar-refractivity contribution in [2.45, 2.75) is 46.2 Å². The summed E-state index contributed by atoms with van der Waals surface area (Å²) >= 11 is 0. The first-order valence-electron chi connectivity index (χ1n) is 11.9. The van der Waals surface area contributed by atoms with Gasteiger partial charge in [-0.2, -0.15) is 0 Å². The number of halogens is 1. The van der Waals surface area contributed by atoms with Crippen molar-refractivity contribution in [3.8, 4) is 5.75 Å². The van der Waals surface area contributed by atoms with Gasteiger partial charge in [0.05, 0.1) is 0 Å². The Labute approximate surface area is 206 Å². The van der Waals surface area contributed by atoms with Crippen molar-refractivity contribution in [2.24, 2.45) is 0 Å². The molecule has 0 fully saturated rings. The van der Waals surface area contributed by atoms with Gasteiger partial charge in [-0.25, -0.2) is 4.39 Å². The zero-order chi connectivity index (χ0) is 25.2. The third kappa shape index (κ3) is 7.95. The summed E-state index contributed by atoms with van der Waals surface area (Å²) in [7, 11) is 0. The van der Waals surface area contributed by atoms with Crippen LogP contribution in [0.5, 0.6) is 5.75 Å². The average Bonchev–Trinajstić information content (AvgIpc) is 2.84. The van der Waals surface area contributed by atoms with Crippen molar-refractivity contribution in [1.82, 2.24) is 10.2 Å². The van der Waals surface area contributed by atoms with Gasteiger partial charge in [0.1, 0.15) is 17.6 Å². The quantitative estimate of drug-likeness (QED) is 0.424. The van der Waals surface area contributed by atoms with E-state index in [0.717, 1.165) is 28.7 Å². The van der Waals surface area contributed by atoms with E-state index in [9.17, 15) is 14.0 Å². The smallest absolute Gasteiger partial charge is 0.261 e. The molecule has 0 bridgehead atoms. The lowest BCUT2D eigenvalue weighted by molar-refractivity contribution is -0.142. The average molecular weight is 477 g/mol. The Bertz CT molecular complexity index is 1100. The number of hydrogen-bond acceptors (Lipinski definition) is 3. The lowest BCUT2D eigenvalue weighted by Crippen LogP contribution is -2.51. The molecule has 0 saturated carbocycles. The van der Waals surface area contributed by atoms with Crippen molar-refractivity contribution >= 4 is 11.8 Å². The van der Waals surface area contributed by atoms with E-state index in [1.54, 1.807) is 12.1 Å². The molecule has 1 unspecified atom stereocenters. The van der Waals surface area contributed by atoms with E-state index in [1.165, 1.54) is 17.0 Å². The topological polar surface area (TPSA) is 58.6 Å². The molecular formula is C29H33FN2O3. The van der Waals surface area contributed by atoms with Crippen LogP contribution in [0.2, 0.25) is 0 Å². The summed E-state index contributed by atoms with van der Waals surface area (Å²) in [4.78, 5) is 28.3. The summed E-state index contributed by atoms with van der Waals surface area (Å²) in [6.07, 6.45) is 1.14. The van der Waals surface area contributed by atoms with Crippen LogP contribution in [-0.4, -0.2) is 35.9 Å². The van der Waals surface area contributed by atoms with Crippen LogP contribution in [0, 0.1) is 19.7 Å². The molecule has 184 valence electrons. The number of carbonyl (C=O) groups is 2. The zero-order valence-corrected chi connectivity index (χ0v) is 20.6. The Kier molecular flexibility index (Phi) is 9.41. The summed E-state index contributed by atoms with van der Waals surface area (Å²) in [6.45, 7) is 6.38. The van der Waals surface area contributed by atoms with E-state index < -0.39 is 6.04 Å². The molecule has 0 aromatic heterocycles. The minimum absolute atomic E-state index is 0.159. The molecule has 5 nitrogen and oxygen atoms in total. The monoisotopic (exact) mass is 476 g/mol. The largest absolute Gasteiger partial charge is 0.484 e. The standard InChI is InChI=1S/C29H33FN2O3/c1-4-14-31-29(34)27(18-23-8-6-5-7-9-23)32(19-24-10-12-25(30)13-11-24)28(33)20-35-26-16-21(2)15-22(3)17-26/h5-13,15-17,27H,4,14,18-20H2,1-3H3,(H,31,34). The number of ether oxygens (including phenoxy) is 1. The van der Waals surface area contributed by atoms with Crippen LogP contribution in [0.4, 0.5) is 4.39 Å². The van der Waals surface area contributed by atoms with E-state index in [2.05, 4.69) is 5.32 Å². The molecule has 1 atom stereocenters. The number of aryl methyl sites for hydroxylation is 2. The minimum Gasteiger partial charge on any atom is -0.484 e. The molecular weight excluding hydrogens is 443 g/mol. The Morgan fingerprint density at radius 1 is 0.943 bits per heavy atom. The molecule has 3 rings (SSSR count). The molecule has 3 aromatic carbocycles. The fourth-order valence-corrected chi connectivity index (χ4v) is 3.95. The van der Waals surface area contributed by atoms with Crippen molar-refractivity contribution in [3.63, 3.8) is 0 Å². The fourth-order valence-electron chi connectivity index (χ4n) is 3.95. The Morgan fingerprint density at radius 3 is 2.23 bits per heavy atom. The first kappa shape index (κ1) is 25.9. The predicted molar refractivity (Wildman–Crippen MR) is 136 cm³/mol. The number of rotatable bonds is 11. The second-order valence-electron chi connectivity index (χ2n) is 8.76. The van der Waals surface area contributed by atoms with Gasteiger partial charge in [0.25, 0.3) is 5.91 Å². The first-order chi connectivity index (χ1) is 16.9. The van der Waals surface area contributed by atoms with E-state index in [-0.39, 0.29) is 30.8 Å². The van der Waals surface area contributed by atoms with Crippen LogP contribution in [0.3, 0.4) is 0 Å². The van der Waals surface area contributed by atoms with E-state index in [4.69, 9.17) is 4.74 Å². The number of hydrogen-bond donors (Lipinski definition) is 1. The summed E-state index contributed by atoms with van der Waals surface area (Å²) in [5.41, 5.74) is 3.75. The SMILES string of the molecule is CCCNC(=O)C(Cc1ccccc1)N(Cc1ccc(F)cc1)C(=O)COc1cc(C)cc(C)c1. The summed E-state index contributed by atoms with van der Waals surface area (Å²) in [5, 5.41) is 2.94. The van der Waals surface area contributed by atoms with Gasteiger partial charge in [-0.15, -0.1) is 0 Å². The van der Waals surface area contributed by atoms with Crippen LogP contribution in [0.1, 0.15) is 35.6 Å². The number of amides is 2. The maximum absolute atomic E-state index is 13.5. The lowest BCUT2D eigenvalue weighted by atomic mass is 10.0. The Balaban J connectivity index is 1.89. The summed E-state index contributed by atoms with van der Waals surface area (Å²) in [6, 6.07) is 20.6. The first-order valence-corrected chi connectivity index (χ1v) is 11.9. The van der Waals surface area contributed by atoms with Crippen LogP contribution in [0.25, 0.3) is 0 Å². The highest BCUT2D eigenvalue weighted by Gasteiger charge is 2.30. The van der Waals surface area contributed by atoms with Gasteiger partial charge in [0, 0.05) is 19.5 Å². The van der Waals surface area contributed by atoms with Gasteiger partial charge in [-0.3, -0.25) is 9.59 Å². The molecule has 0 heterocycles. The van der Waals surface area contributed by atoms with Gasteiger partial charge in [0.2, 0.25) is 5.91 Å². The van der Waals surface area contributed by atoms with Crippen molar-refractivity contribution in [2.75, 3.05) is 13.2 Å². The van der Waals surface area contributed by atoms with Gasteiger partial charge in [-0.1, -0.05) is 55.5 Å². The van der Waals surface area contributed by atoms with Crippen LogP contribution in [0.15, 0.2) is 72.8 Å². The lowest BCUT2D eigenvalue weighted by Gasteiger charge is -2.31. The normalized spacial score (nSPS) is 11.5. The maximum Gasteiger partial charge on any atom is 0.261 e. The highest BCUT2D eigenvalue weighted by Crippen LogP contribution is 2.19. The Hall–Kier alpha value is -3.67. The predicted octanol–water partition coefficient (Wildman–Crippen LogP) is 4.99. The Morgan fingerprint density at radius 2 is 1.60 bits per heavy atom. The molecule has 1 N–H and O–H groups in total. The molecule has 0 aliphatic rings. The third-order valence-corrected chi connectivity index (χ3v) is 5.64. The molecule has 0 aliphatic heterocycles. The van der Waals surface area contributed by atoms with E-state index >= 15 is 0 Å². The van der Waals surface area contributed by atoms with Gasteiger partial charge in [0.15, 0.2) is 6.61 Å². The number of carbonyl (C=O) groups excluding carboxylic acids is 2. The number of nitrogens with zero attached hydrogens (tertiary/aromatic N) is 1. The van der Waals surface area contributed by atoms with Crippen LogP contribution in [-0.2, 0) is 22.6 Å². The van der Waals surface area contributed by atoms with Gasteiger partial charge in [-0.05, 0) is 66.8 Å². The molecule has 2 amide bonds. The molecule has 35 heavy (non-hydrogen) atoms. The van der Waals surface area contributed by atoms with Gasteiger partial charge < -0.3 is 15.0 Å². The van der Waals surface area contributed by atoms with Crippen LogP contribution >= 0.6 is 0 Å². The number of benzene rings is 3. The summed E-state index contributed by atoms with van der Waals surface area (Å²) < 4.78 is 19.4. The third-order valence-electron chi connectivity index (χ3n) is 5.64. The summed E-state index contributed by atoms with van der Waals surface area (Å²) in [5.74, 6) is -0.294. The van der Waals surface area contributed by atoms with Crippen LogP contribution < -0.4 is 10.1 Å².